The quantitative estimate of drug-likeness (QED) is 0.453. The molecule has 1 aromatic carbocycles. The summed E-state index contributed by atoms with van der Waals surface area (Å²) in [5, 5.41) is 19.8. The lowest BCUT2D eigenvalue weighted by atomic mass is 10.1. The summed E-state index contributed by atoms with van der Waals surface area (Å²) in [6.07, 6.45) is 0. The number of carbonyl (C=O) groups is 1. The van der Waals surface area contributed by atoms with Gasteiger partial charge in [-0.3, -0.25) is 14.9 Å². The van der Waals surface area contributed by atoms with Crippen molar-refractivity contribution in [1.29, 1.82) is 5.26 Å². The molecule has 0 heterocycles. The van der Waals surface area contributed by atoms with Crippen LogP contribution in [-0.4, -0.2) is 30.1 Å². The van der Waals surface area contributed by atoms with Gasteiger partial charge in [0.05, 0.1) is 11.5 Å². The molecule has 0 amide bonds. The molecular formula is C14H17N3O4. The number of carbonyl (C=O) groups excluding carboxylic acids is 1. The highest BCUT2D eigenvalue weighted by atomic mass is 16.6. The maximum atomic E-state index is 11.6. The molecule has 0 N–H and O–H groups in total. The number of nitro benzene ring substituents is 1. The summed E-state index contributed by atoms with van der Waals surface area (Å²) in [5.74, 6) is -0.386. The van der Waals surface area contributed by atoms with E-state index >= 15 is 0 Å². The summed E-state index contributed by atoms with van der Waals surface area (Å²) in [6.45, 7) is 5.79. The molecule has 7 nitrogen and oxygen atoms in total. The van der Waals surface area contributed by atoms with Gasteiger partial charge in [0, 0.05) is 17.8 Å². The summed E-state index contributed by atoms with van der Waals surface area (Å²) in [5.41, 5.74) is 0.285. The van der Waals surface area contributed by atoms with E-state index in [1.807, 2.05) is 13.8 Å². The maximum Gasteiger partial charge on any atom is 0.325 e. The second-order valence-corrected chi connectivity index (χ2v) is 4.60. The Morgan fingerprint density at radius 3 is 2.67 bits per heavy atom. The second kappa shape index (κ2) is 7.24. The first-order chi connectivity index (χ1) is 9.90. The van der Waals surface area contributed by atoms with Crippen LogP contribution in [-0.2, 0) is 9.53 Å². The molecule has 1 rings (SSSR count). The molecule has 0 unspecified atom stereocenters. The normalized spacial score (nSPS) is 10.0. The molecule has 0 aliphatic rings. The van der Waals surface area contributed by atoms with Gasteiger partial charge in [-0.15, -0.1) is 0 Å². The van der Waals surface area contributed by atoms with E-state index in [1.54, 1.807) is 17.9 Å². The highest BCUT2D eigenvalue weighted by molar-refractivity contribution is 5.76. The number of nitro groups is 1. The number of ether oxygens (including phenoxy) is 1. The van der Waals surface area contributed by atoms with Gasteiger partial charge in [-0.25, -0.2) is 0 Å². The average Bonchev–Trinajstić information content (AvgIpc) is 2.43. The smallest absolute Gasteiger partial charge is 0.325 e. The van der Waals surface area contributed by atoms with Crippen molar-refractivity contribution in [2.24, 2.45) is 0 Å². The molecular weight excluding hydrogens is 274 g/mol. The Morgan fingerprint density at radius 2 is 2.19 bits per heavy atom. The minimum absolute atomic E-state index is 0.0220. The van der Waals surface area contributed by atoms with Gasteiger partial charge in [-0.2, -0.15) is 5.26 Å². The molecule has 0 aliphatic carbocycles. The SMILES string of the molecule is CCOC(=O)CN(c1ccc([N+](=O)[O-])c(C#N)c1)C(C)C. The first-order valence-electron chi connectivity index (χ1n) is 6.51. The topological polar surface area (TPSA) is 96.5 Å². The predicted molar refractivity (Wildman–Crippen MR) is 76.9 cm³/mol. The van der Waals surface area contributed by atoms with Crippen molar-refractivity contribution in [3.63, 3.8) is 0 Å². The van der Waals surface area contributed by atoms with Crippen LogP contribution in [0.2, 0.25) is 0 Å². The highest BCUT2D eigenvalue weighted by Crippen LogP contribution is 2.25. The number of esters is 1. The number of rotatable bonds is 6. The Labute approximate surface area is 122 Å². The van der Waals surface area contributed by atoms with Crippen molar-refractivity contribution >= 4 is 17.3 Å². The number of anilines is 1. The first-order valence-corrected chi connectivity index (χ1v) is 6.51. The lowest BCUT2D eigenvalue weighted by Gasteiger charge is -2.28. The summed E-state index contributed by atoms with van der Waals surface area (Å²) < 4.78 is 4.91. The van der Waals surface area contributed by atoms with Crippen LogP contribution in [0.3, 0.4) is 0 Å². The zero-order valence-electron chi connectivity index (χ0n) is 12.2. The van der Waals surface area contributed by atoms with E-state index in [9.17, 15) is 14.9 Å². The van der Waals surface area contributed by atoms with Crippen molar-refractivity contribution < 1.29 is 14.5 Å². The van der Waals surface area contributed by atoms with Crippen LogP contribution >= 0.6 is 0 Å². The Balaban J connectivity index is 3.12. The standard InChI is InChI=1S/C14H17N3O4/c1-4-21-14(18)9-16(10(2)3)12-5-6-13(17(19)20)11(7-12)8-15/h5-7,10H,4,9H2,1-3H3. The molecule has 0 radical (unpaired) electrons. The Hall–Kier alpha value is -2.62. The average molecular weight is 291 g/mol. The van der Waals surface area contributed by atoms with E-state index in [1.165, 1.54) is 18.2 Å². The third kappa shape index (κ3) is 4.18. The number of hydrogen-bond donors (Lipinski definition) is 0. The lowest BCUT2D eigenvalue weighted by molar-refractivity contribution is -0.385. The van der Waals surface area contributed by atoms with Crippen LogP contribution in [0.1, 0.15) is 26.3 Å². The van der Waals surface area contributed by atoms with Crippen LogP contribution in [0.5, 0.6) is 0 Å². The van der Waals surface area contributed by atoms with Crippen LogP contribution in [0.15, 0.2) is 18.2 Å². The van der Waals surface area contributed by atoms with Gasteiger partial charge in [0.2, 0.25) is 0 Å². The van der Waals surface area contributed by atoms with Gasteiger partial charge in [-0.1, -0.05) is 0 Å². The predicted octanol–water partition coefficient (Wildman–Crippen LogP) is 2.24. The fourth-order valence-electron chi connectivity index (χ4n) is 1.87. The summed E-state index contributed by atoms with van der Waals surface area (Å²) in [4.78, 5) is 23.6. The van der Waals surface area contributed by atoms with Crippen molar-refractivity contribution in [2.45, 2.75) is 26.8 Å². The molecule has 0 spiro atoms. The molecule has 21 heavy (non-hydrogen) atoms. The fraction of sp³-hybridized carbons (Fsp3) is 0.429. The zero-order chi connectivity index (χ0) is 16.0. The van der Waals surface area contributed by atoms with Crippen LogP contribution in [0.25, 0.3) is 0 Å². The van der Waals surface area contributed by atoms with Gasteiger partial charge in [0.1, 0.15) is 18.2 Å². The number of hydrogen-bond acceptors (Lipinski definition) is 6. The van der Waals surface area contributed by atoms with Crippen molar-refractivity contribution in [2.75, 3.05) is 18.1 Å². The van der Waals surface area contributed by atoms with Gasteiger partial charge in [0.25, 0.3) is 5.69 Å². The highest BCUT2D eigenvalue weighted by Gasteiger charge is 2.20. The van der Waals surface area contributed by atoms with E-state index in [-0.39, 0.29) is 36.4 Å². The Kier molecular flexibility index (Phi) is 5.67. The Morgan fingerprint density at radius 1 is 1.52 bits per heavy atom. The third-order valence-corrected chi connectivity index (χ3v) is 2.86. The zero-order valence-corrected chi connectivity index (χ0v) is 12.2. The molecule has 112 valence electrons. The summed E-state index contributed by atoms with van der Waals surface area (Å²) >= 11 is 0. The molecule has 0 saturated carbocycles. The van der Waals surface area contributed by atoms with E-state index in [2.05, 4.69) is 0 Å². The largest absolute Gasteiger partial charge is 0.465 e. The van der Waals surface area contributed by atoms with E-state index < -0.39 is 4.92 Å². The number of nitrogens with zero attached hydrogens (tertiary/aromatic N) is 3. The molecule has 0 aliphatic heterocycles. The van der Waals surface area contributed by atoms with Crippen LogP contribution in [0, 0.1) is 21.4 Å². The van der Waals surface area contributed by atoms with Crippen LogP contribution < -0.4 is 4.90 Å². The summed E-state index contributed by atoms with van der Waals surface area (Å²) in [7, 11) is 0. The van der Waals surface area contributed by atoms with Crippen LogP contribution in [0.4, 0.5) is 11.4 Å². The molecule has 0 saturated heterocycles. The molecule has 7 heteroatoms. The minimum Gasteiger partial charge on any atom is -0.465 e. The van der Waals surface area contributed by atoms with E-state index in [0.29, 0.717) is 5.69 Å². The van der Waals surface area contributed by atoms with Gasteiger partial charge < -0.3 is 9.64 Å². The molecule has 0 bridgehead atoms. The second-order valence-electron chi connectivity index (χ2n) is 4.60. The Bertz CT molecular complexity index is 578. The molecule has 1 aromatic rings. The fourth-order valence-corrected chi connectivity index (χ4v) is 1.87. The number of nitriles is 1. The monoisotopic (exact) mass is 291 g/mol. The van der Waals surface area contributed by atoms with Gasteiger partial charge in [-0.05, 0) is 32.9 Å². The maximum absolute atomic E-state index is 11.6. The lowest BCUT2D eigenvalue weighted by Crippen LogP contribution is -2.36. The van der Waals surface area contributed by atoms with E-state index in [0.717, 1.165) is 0 Å². The molecule has 0 aromatic heterocycles. The molecule has 0 fully saturated rings. The van der Waals surface area contributed by atoms with Crippen molar-refractivity contribution in [3.05, 3.63) is 33.9 Å². The van der Waals surface area contributed by atoms with E-state index in [4.69, 9.17) is 10.00 Å². The third-order valence-electron chi connectivity index (χ3n) is 2.86. The molecule has 0 atom stereocenters. The van der Waals surface area contributed by atoms with Gasteiger partial charge in [0.15, 0.2) is 0 Å². The minimum atomic E-state index is -0.604. The summed E-state index contributed by atoms with van der Waals surface area (Å²) in [6, 6.07) is 5.99. The van der Waals surface area contributed by atoms with Crippen molar-refractivity contribution in [1.82, 2.24) is 0 Å². The van der Waals surface area contributed by atoms with Gasteiger partial charge >= 0.3 is 5.97 Å². The first kappa shape index (κ1) is 16.4. The van der Waals surface area contributed by atoms with Crippen molar-refractivity contribution in [3.8, 4) is 6.07 Å². The number of benzene rings is 1.